The zero-order chi connectivity index (χ0) is 26.6. The Kier molecular flexibility index (Phi) is 9.18. The van der Waals surface area contributed by atoms with E-state index in [0.29, 0.717) is 22.5 Å². The molecule has 192 valence electrons. The van der Waals surface area contributed by atoms with Crippen LogP contribution in [0.2, 0.25) is 5.02 Å². The van der Waals surface area contributed by atoms with E-state index >= 15 is 0 Å². The van der Waals surface area contributed by atoms with Gasteiger partial charge in [-0.25, -0.2) is 8.42 Å². The minimum Gasteiger partial charge on any atom is -0.355 e. The molecule has 0 aliphatic carbocycles. The molecule has 0 heterocycles. The zero-order valence-corrected chi connectivity index (χ0v) is 21.3. The second-order valence-corrected chi connectivity index (χ2v) is 10.3. The number of amides is 2. The van der Waals surface area contributed by atoms with Crippen molar-refractivity contribution in [1.82, 2.24) is 10.2 Å². The van der Waals surface area contributed by atoms with Crippen molar-refractivity contribution < 1.29 is 31.2 Å². The summed E-state index contributed by atoms with van der Waals surface area (Å²) in [6.07, 6.45) is -3.99. The van der Waals surface area contributed by atoms with E-state index in [2.05, 4.69) is 5.32 Å². The highest BCUT2D eigenvalue weighted by atomic mass is 35.5. The molecule has 0 aromatic heterocycles. The van der Waals surface area contributed by atoms with Crippen molar-refractivity contribution in [3.05, 3.63) is 64.2 Å². The number of rotatable bonds is 9. The molecular weight excluding hydrogens is 507 g/mol. The maximum absolute atomic E-state index is 13.4. The number of halogens is 4. The largest absolute Gasteiger partial charge is 0.416 e. The highest BCUT2D eigenvalue weighted by molar-refractivity contribution is 7.92. The lowest BCUT2D eigenvalue weighted by molar-refractivity contribution is -0.139. The predicted octanol–water partition coefficient (Wildman–Crippen LogP) is 3.99. The van der Waals surface area contributed by atoms with E-state index in [-0.39, 0.29) is 11.6 Å². The van der Waals surface area contributed by atoms with Gasteiger partial charge in [0, 0.05) is 13.1 Å². The van der Waals surface area contributed by atoms with Crippen molar-refractivity contribution in [3.63, 3.8) is 0 Å². The predicted molar refractivity (Wildman–Crippen MR) is 129 cm³/mol. The van der Waals surface area contributed by atoms with Crippen molar-refractivity contribution >= 4 is 39.1 Å². The molecule has 0 radical (unpaired) electrons. The summed E-state index contributed by atoms with van der Waals surface area (Å²) in [5.41, 5.74) is 0.0532. The molecule has 0 fully saturated rings. The molecule has 1 atom stereocenters. The number of benzene rings is 2. The first-order chi connectivity index (χ1) is 16.1. The Balaban J connectivity index is 2.48. The van der Waals surface area contributed by atoms with Gasteiger partial charge in [-0.15, -0.1) is 0 Å². The lowest BCUT2D eigenvalue weighted by atomic mass is 10.1. The molecule has 0 bridgehead atoms. The van der Waals surface area contributed by atoms with E-state index < -0.39 is 51.9 Å². The van der Waals surface area contributed by atoms with Crippen LogP contribution in [0, 0.1) is 6.92 Å². The van der Waals surface area contributed by atoms with E-state index in [9.17, 15) is 31.2 Å². The summed E-state index contributed by atoms with van der Waals surface area (Å²) >= 11 is 6.05. The van der Waals surface area contributed by atoms with Gasteiger partial charge in [-0.2, -0.15) is 13.2 Å². The molecule has 2 amide bonds. The Morgan fingerprint density at radius 1 is 1.11 bits per heavy atom. The first kappa shape index (κ1) is 28.4. The summed E-state index contributed by atoms with van der Waals surface area (Å²) in [5.74, 6) is -1.25. The number of nitrogens with zero attached hydrogens (tertiary/aromatic N) is 2. The van der Waals surface area contributed by atoms with E-state index in [4.69, 9.17) is 11.6 Å². The summed E-state index contributed by atoms with van der Waals surface area (Å²) in [6, 6.07) is 8.39. The third-order valence-electron chi connectivity index (χ3n) is 5.21. The van der Waals surface area contributed by atoms with Crippen LogP contribution < -0.4 is 9.62 Å². The van der Waals surface area contributed by atoms with E-state index in [1.54, 1.807) is 19.1 Å². The first-order valence-electron chi connectivity index (χ1n) is 10.6. The van der Waals surface area contributed by atoms with Crippen molar-refractivity contribution in [2.45, 2.75) is 39.5 Å². The highest BCUT2D eigenvalue weighted by Gasteiger charge is 2.34. The lowest BCUT2D eigenvalue weighted by Crippen LogP contribution is -2.51. The van der Waals surface area contributed by atoms with Gasteiger partial charge in [-0.1, -0.05) is 41.4 Å². The molecule has 2 rings (SSSR count). The van der Waals surface area contributed by atoms with Crippen LogP contribution in [0.15, 0.2) is 42.5 Å². The van der Waals surface area contributed by atoms with Gasteiger partial charge in [0.1, 0.15) is 12.6 Å². The summed E-state index contributed by atoms with van der Waals surface area (Å²) in [7, 11) is -4.23. The van der Waals surface area contributed by atoms with Gasteiger partial charge in [0.05, 0.1) is 22.5 Å². The summed E-state index contributed by atoms with van der Waals surface area (Å²) in [5, 5.41) is 2.33. The standard InChI is InChI=1S/C23H27ClF3N3O4S/c1-5-28-22(32)16(3)29(13-17-8-6-15(2)7-9-17)21(31)14-30(35(4,33)34)20-12-18(23(25,26)27)10-11-19(20)24/h6-12,16H,5,13-14H2,1-4H3,(H,28,32). The summed E-state index contributed by atoms with van der Waals surface area (Å²) < 4.78 is 65.4. The molecule has 2 aromatic rings. The Hall–Kier alpha value is -2.79. The lowest BCUT2D eigenvalue weighted by Gasteiger charge is -2.31. The zero-order valence-electron chi connectivity index (χ0n) is 19.7. The van der Waals surface area contributed by atoms with E-state index in [0.717, 1.165) is 24.0 Å². The van der Waals surface area contributed by atoms with Crippen LogP contribution >= 0.6 is 11.6 Å². The minimum atomic E-state index is -4.75. The fourth-order valence-electron chi connectivity index (χ4n) is 3.27. The molecule has 0 saturated heterocycles. The van der Waals surface area contributed by atoms with Gasteiger partial charge in [0.15, 0.2) is 0 Å². The van der Waals surface area contributed by atoms with Crippen molar-refractivity contribution in [1.29, 1.82) is 0 Å². The molecule has 1 N–H and O–H groups in total. The molecule has 0 aliphatic heterocycles. The Morgan fingerprint density at radius 2 is 1.71 bits per heavy atom. The van der Waals surface area contributed by atoms with Gasteiger partial charge in [0.2, 0.25) is 21.8 Å². The number of hydrogen-bond acceptors (Lipinski definition) is 4. The summed E-state index contributed by atoms with van der Waals surface area (Å²) in [4.78, 5) is 27.1. The van der Waals surface area contributed by atoms with Gasteiger partial charge in [-0.3, -0.25) is 13.9 Å². The average Bonchev–Trinajstić information content (AvgIpc) is 2.75. The molecule has 7 nitrogen and oxygen atoms in total. The first-order valence-corrected chi connectivity index (χ1v) is 12.8. The third-order valence-corrected chi connectivity index (χ3v) is 6.66. The van der Waals surface area contributed by atoms with Crippen LogP contribution in [0.25, 0.3) is 0 Å². The maximum Gasteiger partial charge on any atom is 0.416 e. The third kappa shape index (κ3) is 7.60. The number of nitrogens with one attached hydrogen (secondary N) is 1. The molecule has 35 heavy (non-hydrogen) atoms. The number of likely N-dealkylation sites (N-methyl/N-ethyl adjacent to an activating group) is 1. The Bertz CT molecular complexity index is 1170. The summed E-state index contributed by atoms with van der Waals surface area (Å²) in [6.45, 7) is 4.51. The monoisotopic (exact) mass is 533 g/mol. The Labute approximate surface area is 207 Å². The number of sulfonamides is 1. The van der Waals surface area contributed by atoms with Crippen molar-refractivity contribution in [2.75, 3.05) is 23.7 Å². The maximum atomic E-state index is 13.4. The fraction of sp³-hybridized carbons (Fsp3) is 0.391. The molecule has 2 aromatic carbocycles. The highest BCUT2D eigenvalue weighted by Crippen LogP contribution is 2.36. The molecule has 0 aliphatic rings. The normalized spacial score (nSPS) is 12.7. The molecular formula is C23H27ClF3N3O4S. The molecule has 0 spiro atoms. The average molecular weight is 534 g/mol. The minimum absolute atomic E-state index is 0.0225. The smallest absolute Gasteiger partial charge is 0.355 e. The molecule has 1 unspecified atom stereocenters. The van der Waals surface area contributed by atoms with Crippen LogP contribution in [0.5, 0.6) is 0 Å². The molecule has 0 saturated carbocycles. The van der Waals surface area contributed by atoms with E-state index in [1.807, 2.05) is 19.1 Å². The topological polar surface area (TPSA) is 86.8 Å². The van der Waals surface area contributed by atoms with Gasteiger partial charge in [0.25, 0.3) is 0 Å². The number of aryl methyl sites for hydroxylation is 1. The molecule has 12 heteroatoms. The number of hydrogen-bond donors (Lipinski definition) is 1. The van der Waals surface area contributed by atoms with Crippen LogP contribution in [0.4, 0.5) is 18.9 Å². The number of carbonyl (C=O) groups is 2. The van der Waals surface area contributed by atoms with Gasteiger partial charge < -0.3 is 10.2 Å². The van der Waals surface area contributed by atoms with E-state index in [1.165, 1.54) is 11.8 Å². The van der Waals surface area contributed by atoms with Crippen molar-refractivity contribution in [2.24, 2.45) is 0 Å². The second-order valence-electron chi connectivity index (χ2n) is 8.01. The van der Waals surface area contributed by atoms with Gasteiger partial charge >= 0.3 is 6.18 Å². The Morgan fingerprint density at radius 3 is 2.23 bits per heavy atom. The van der Waals surface area contributed by atoms with Gasteiger partial charge in [-0.05, 0) is 44.5 Å². The number of anilines is 1. The van der Waals surface area contributed by atoms with Crippen LogP contribution in [0.1, 0.15) is 30.5 Å². The fourth-order valence-corrected chi connectivity index (χ4v) is 4.39. The van der Waals surface area contributed by atoms with Crippen LogP contribution in [-0.2, 0) is 32.3 Å². The SMILES string of the molecule is CCNC(=O)C(C)N(Cc1ccc(C)cc1)C(=O)CN(c1cc(C(F)(F)F)ccc1Cl)S(C)(=O)=O. The van der Waals surface area contributed by atoms with Crippen LogP contribution in [0.3, 0.4) is 0 Å². The number of alkyl halides is 3. The number of carbonyl (C=O) groups excluding carboxylic acids is 2. The van der Waals surface area contributed by atoms with Crippen LogP contribution in [-0.4, -0.2) is 50.5 Å². The quantitative estimate of drug-likeness (QED) is 0.528. The second kappa shape index (κ2) is 11.3. The van der Waals surface area contributed by atoms with Crippen molar-refractivity contribution in [3.8, 4) is 0 Å².